The molecule has 4 nitrogen and oxygen atoms in total. The summed E-state index contributed by atoms with van der Waals surface area (Å²) in [5.41, 5.74) is 1.25. The van der Waals surface area contributed by atoms with Crippen molar-refractivity contribution in [3.63, 3.8) is 0 Å². The lowest BCUT2D eigenvalue weighted by Gasteiger charge is -2.08. The molecule has 0 saturated carbocycles. The number of nitrogens with one attached hydrogen (secondary N) is 1. The molecule has 2 aromatic rings. The fourth-order valence-electron chi connectivity index (χ4n) is 1.86. The average molecular weight is 319 g/mol. The van der Waals surface area contributed by atoms with Crippen molar-refractivity contribution < 1.29 is 23.1 Å². The summed E-state index contributed by atoms with van der Waals surface area (Å²) in [6.07, 6.45) is 0.0155. The van der Waals surface area contributed by atoms with Crippen molar-refractivity contribution in [3.05, 3.63) is 65.2 Å². The molecular weight excluding hydrogens is 304 g/mol. The fourth-order valence-corrected chi connectivity index (χ4v) is 1.86. The quantitative estimate of drug-likeness (QED) is 0.862. The molecule has 6 heteroatoms. The number of rotatable bonds is 5. The molecule has 1 amide bonds. The topological polar surface area (TPSA) is 55.4 Å². The summed E-state index contributed by atoms with van der Waals surface area (Å²) < 4.78 is 31.5. The highest BCUT2D eigenvalue weighted by Crippen LogP contribution is 2.17. The van der Waals surface area contributed by atoms with Crippen LogP contribution in [0.15, 0.2) is 42.5 Å². The first-order valence-corrected chi connectivity index (χ1v) is 6.91. The summed E-state index contributed by atoms with van der Waals surface area (Å²) in [4.78, 5) is 23.2. The highest BCUT2D eigenvalue weighted by Gasteiger charge is 2.13. The zero-order chi connectivity index (χ0) is 16.8. The molecule has 0 aliphatic heterocycles. The molecule has 0 aliphatic rings. The number of hydrogen-bond donors (Lipinski definition) is 1. The van der Waals surface area contributed by atoms with Crippen molar-refractivity contribution in [2.75, 3.05) is 11.9 Å². The second-order valence-corrected chi connectivity index (χ2v) is 4.97. The number of amides is 1. The molecule has 0 fully saturated rings. The summed E-state index contributed by atoms with van der Waals surface area (Å²) in [6.45, 7) is 1.31. The van der Waals surface area contributed by atoms with E-state index in [9.17, 15) is 18.4 Å². The molecule has 1 N–H and O–H groups in total. The van der Waals surface area contributed by atoms with Gasteiger partial charge in [0.15, 0.2) is 6.61 Å². The van der Waals surface area contributed by atoms with Gasteiger partial charge in [0.25, 0.3) is 5.91 Å². The van der Waals surface area contributed by atoms with Crippen molar-refractivity contribution in [1.82, 2.24) is 0 Å². The molecule has 0 aromatic heterocycles. The van der Waals surface area contributed by atoms with Crippen LogP contribution in [-0.2, 0) is 20.7 Å². The van der Waals surface area contributed by atoms with Gasteiger partial charge in [0, 0.05) is 0 Å². The molecule has 0 radical (unpaired) electrons. The lowest BCUT2D eigenvalue weighted by molar-refractivity contribution is -0.146. The van der Waals surface area contributed by atoms with Gasteiger partial charge in [0.05, 0.1) is 6.42 Å². The molecule has 0 saturated heterocycles. The maximum absolute atomic E-state index is 13.4. The minimum absolute atomic E-state index is 0.0155. The SMILES string of the molecule is Cc1ccc(CC(=O)OCC(=O)Nc2c(F)cccc2F)cc1. The first-order valence-electron chi connectivity index (χ1n) is 6.91. The van der Waals surface area contributed by atoms with E-state index in [2.05, 4.69) is 0 Å². The van der Waals surface area contributed by atoms with Crippen LogP contribution in [0.25, 0.3) is 0 Å². The number of esters is 1. The Morgan fingerprint density at radius 1 is 1.04 bits per heavy atom. The van der Waals surface area contributed by atoms with Gasteiger partial charge >= 0.3 is 5.97 Å². The molecule has 0 unspecified atom stereocenters. The Morgan fingerprint density at radius 2 is 1.65 bits per heavy atom. The predicted octanol–water partition coefficient (Wildman–Crippen LogP) is 3.00. The second-order valence-electron chi connectivity index (χ2n) is 4.97. The number of benzene rings is 2. The van der Waals surface area contributed by atoms with Gasteiger partial charge in [-0.15, -0.1) is 0 Å². The van der Waals surface area contributed by atoms with Gasteiger partial charge in [0.2, 0.25) is 0 Å². The van der Waals surface area contributed by atoms with E-state index >= 15 is 0 Å². The van der Waals surface area contributed by atoms with Gasteiger partial charge < -0.3 is 10.1 Å². The third-order valence-electron chi connectivity index (χ3n) is 3.06. The predicted molar refractivity (Wildman–Crippen MR) is 80.8 cm³/mol. The number of anilines is 1. The van der Waals surface area contributed by atoms with Crippen LogP contribution in [0, 0.1) is 18.6 Å². The first-order chi connectivity index (χ1) is 11.0. The van der Waals surface area contributed by atoms with Gasteiger partial charge in [0.1, 0.15) is 17.3 Å². The lowest BCUT2D eigenvalue weighted by Crippen LogP contribution is -2.22. The Hall–Kier alpha value is -2.76. The third-order valence-corrected chi connectivity index (χ3v) is 3.06. The largest absolute Gasteiger partial charge is 0.455 e. The van der Waals surface area contributed by atoms with Crippen molar-refractivity contribution >= 4 is 17.6 Å². The minimum atomic E-state index is -0.899. The van der Waals surface area contributed by atoms with Gasteiger partial charge in [-0.3, -0.25) is 9.59 Å². The van der Waals surface area contributed by atoms with Crippen molar-refractivity contribution in [1.29, 1.82) is 0 Å². The number of carbonyl (C=O) groups is 2. The molecule has 0 bridgehead atoms. The van der Waals surface area contributed by atoms with Crippen LogP contribution in [0.3, 0.4) is 0 Å². The monoisotopic (exact) mass is 319 g/mol. The Morgan fingerprint density at radius 3 is 2.26 bits per heavy atom. The number of halogens is 2. The Balaban J connectivity index is 1.84. The summed E-state index contributed by atoms with van der Waals surface area (Å²) >= 11 is 0. The van der Waals surface area contributed by atoms with Crippen LogP contribution in [0.4, 0.5) is 14.5 Å². The van der Waals surface area contributed by atoms with E-state index in [1.807, 2.05) is 24.4 Å². The van der Waals surface area contributed by atoms with Gasteiger partial charge in [-0.25, -0.2) is 8.78 Å². The Kier molecular flexibility index (Phi) is 5.41. The Bertz CT molecular complexity index is 694. The zero-order valence-corrected chi connectivity index (χ0v) is 12.4. The highest BCUT2D eigenvalue weighted by atomic mass is 19.1. The summed E-state index contributed by atoms with van der Waals surface area (Å²) in [5, 5.41) is 2.04. The lowest BCUT2D eigenvalue weighted by atomic mass is 10.1. The number of aryl methyl sites for hydroxylation is 1. The van der Waals surface area contributed by atoms with Crippen LogP contribution >= 0.6 is 0 Å². The van der Waals surface area contributed by atoms with Gasteiger partial charge in [-0.1, -0.05) is 35.9 Å². The standard InChI is InChI=1S/C17H15F2NO3/c1-11-5-7-12(8-6-11)9-16(22)23-10-15(21)20-17-13(18)3-2-4-14(17)19/h2-8H,9-10H2,1H3,(H,20,21). The molecule has 0 spiro atoms. The zero-order valence-electron chi connectivity index (χ0n) is 12.4. The van der Waals surface area contributed by atoms with Crippen molar-refractivity contribution in [2.24, 2.45) is 0 Å². The van der Waals surface area contributed by atoms with E-state index in [4.69, 9.17) is 4.74 Å². The maximum Gasteiger partial charge on any atom is 0.310 e. The molecule has 120 valence electrons. The molecule has 2 aromatic carbocycles. The average Bonchev–Trinajstić information content (AvgIpc) is 2.51. The molecule has 0 aliphatic carbocycles. The Labute approximate surface area is 132 Å². The molecule has 0 heterocycles. The third kappa shape index (κ3) is 4.88. The summed E-state index contributed by atoms with van der Waals surface area (Å²) in [6, 6.07) is 10.5. The van der Waals surface area contributed by atoms with E-state index in [0.29, 0.717) is 0 Å². The van der Waals surface area contributed by atoms with E-state index < -0.39 is 35.8 Å². The first kappa shape index (κ1) is 16.6. The van der Waals surface area contributed by atoms with E-state index in [1.54, 1.807) is 12.1 Å². The fraction of sp³-hybridized carbons (Fsp3) is 0.176. The van der Waals surface area contributed by atoms with Crippen LogP contribution < -0.4 is 5.32 Å². The van der Waals surface area contributed by atoms with Crippen LogP contribution in [0.5, 0.6) is 0 Å². The van der Waals surface area contributed by atoms with E-state index in [0.717, 1.165) is 23.3 Å². The van der Waals surface area contributed by atoms with Gasteiger partial charge in [-0.2, -0.15) is 0 Å². The number of hydrogen-bond acceptors (Lipinski definition) is 3. The van der Waals surface area contributed by atoms with Crippen LogP contribution in [0.1, 0.15) is 11.1 Å². The molecule has 2 rings (SSSR count). The number of para-hydroxylation sites is 1. The van der Waals surface area contributed by atoms with Crippen LogP contribution in [-0.4, -0.2) is 18.5 Å². The molecule has 0 atom stereocenters. The second kappa shape index (κ2) is 7.49. The summed E-state index contributed by atoms with van der Waals surface area (Å²) in [5.74, 6) is -3.21. The molecule has 23 heavy (non-hydrogen) atoms. The van der Waals surface area contributed by atoms with E-state index in [1.165, 1.54) is 6.07 Å². The minimum Gasteiger partial charge on any atom is -0.455 e. The van der Waals surface area contributed by atoms with Gasteiger partial charge in [-0.05, 0) is 24.6 Å². The van der Waals surface area contributed by atoms with Crippen molar-refractivity contribution in [2.45, 2.75) is 13.3 Å². The van der Waals surface area contributed by atoms with E-state index in [-0.39, 0.29) is 6.42 Å². The van der Waals surface area contributed by atoms with Crippen LogP contribution in [0.2, 0.25) is 0 Å². The number of ether oxygens (including phenoxy) is 1. The highest BCUT2D eigenvalue weighted by molar-refractivity contribution is 5.93. The number of carbonyl (C=O) groups excluding carboxylic acids is 2. The smallest absolute Gasteiger partial charge is 0.310 e. The summed E-state index contributed by atoms with van der Waals surface area (Å²) in [7, 11) is 0. The normalized spacial score (nSPS) is 10.2. The molecular formula is C17H15F2NO3. The maximum atomic E-state index is 13.4. The van der Waals surface area contributed by atoms with Crippen molar-refractivity contribution in [3.8, 4) is 0 Å².